The summed E-state index contributed by atoms with van der Waals surface area (Å²) in [6, 6.07) is 12.9. The molecule has 0 fully saturated rings. The number of hydrogen-bond donors (Lipinski definition) is 0. The Hall–Kier alpha value is -1.59. The number of Topliss-reactive ketones (excluding diaryl/α,β-unsaturated/α-hetero) is 1. The molecule has 0 atom stereocenters. The van der Waals surface area contributed by atoms with Gasteiger partial charge in [0.1, 0.15) is 23.0 Å². The van der Waals surface area contributed by atoms with Gasteiger partial charge in [-0.3, -0.25) is 4.79 Å². The highest BCUT2D eigenvalue weighted by atomic mass is 79.9. The lowest BCUT2D eigenvalue weighted by Crippen LogP contribution is -2.19. The molecule has 0 aliphatic carbocycles. The van der Waals surface area contributed by atoms with Gasteiger partial charge in [0, 0.05) is 5.56 Å². The summed E-state index contributed by atoms with van der Waals surface area (Å²) in [6.07, 6.45) is 1.87. The lowest BCUT2D eigenvalue weighted by molar-refractivity contribution is 0.0947. The van der Waals surface area contributed by atoms with E-state index in [2.05, 4.69) is 79.6 Å². The number of benzene rings is 3. The normalized spacial score (nSPS) is 13.8. The monoisotopic (exact) mass is 804 g/mol. The summed E-state index contributed by atoms with van der Waals surface area (Å²) in [6.45, 7) is 0. The van der Waals surface area contributed by atoms with Gasteiger partial charge in [0.05, 0.1) is 49.3 Å². The van der Waals surface area contributed by atoms with E-state index >= 15 is 0 Å². The second-order valence-electron chi connectivity index (χ2n) is 7.48. The Morgan fingerprint density at radius 2 is 1.31 bits per heavy atom. The molecule has 0 aromatic heterocycles. The predicted molar refractivity (Wildman–Crippen MR) is 158 cm³/mol. The van der Waals surface area contributed by atoms with Crippen molar-refractivity contribution < 1.29 is 23.7 Å². The first kappa shape index (κ1) is 27.4. The molecule has 0 spiro atoms. The van der Waals surface area contributed by atoms with Gasteiger partial charge in [0.2, 0.25) is 5.78 Å². The van der Waals surface area contributed by atoms with E-state index < -0.39 is 0 Å². The van der Waals surface area contributed by atoms with Gasteiger partial charge >= 0.3 is 0 Å². The molecule has 0 amide bonds. The number of ether oxygens (including phenoxy) is 4. The third kappa shape index (κ3) is 5.34. The summed E-state index contributed by atoms with van der Waals surface area (Å²) in [7, 11) is 4.77. The van der Waals surface area contributed by atoms with Crippen LogP contribution in [0.25, 0.3) is 11.6 Å². The molecule has 186 valence electrons. The largest absolute Gasteiger partial charge is 0.496 e. The van der Waals surface area contributed by atoms with Gasteiger partial charge in [-0.2, -0.15) is 0 Å². The van der Waals surface area contributed by atoms with Crippen LogP contribution in [0.1, 0.15) is 21.5 Å². The number of halogens is 5. The molecule has 1 aliphatic rings. The van der Waals surface area contributed by atoms with Crippen LogP contribution in [-0.2, 0) is 4.74 Å². The highest BCUT2D eigenvalue weighted by Gasteiger charge is 2.34. The second-order valence-corrected chi connectivity index (χ2v) is 11.8. The van der Waals surface area contributed by atoms with Crippen LogP contribution in [0.3, 0.4) is 0 Å². The zero-order valence-corrected chi connectivity index (χ0v) is 27.0. The van der Waals surface area contributed by atoms with Crippen LogP contribution in [0.4, 0.5) is 0 Å². The standard InChI is InChI=1S/C26H17Br5O5/c1-33-20-5-4-13(9-15(20)27)22-21(8-12-6-16(28)24(34-2)17(29)7-12)36-26(22)23(32)14-10-18(30)25(35-3)19(31)11-14/h4-11H,1-3H3/b21-8-. The van der Waals surface area contributed by atoms with E-state index in [-0.39, 0.29) is 11.5 Å². The van der Waals surface area contributed by atoms with Crippen molar-refractivity contribution in [1.82, 2.24) is 0 Å². The van der Waals surface area contributed by atoms with E-state index in [0.717, 1.165) is 24.5 Å². The number of rotatable bonds is 7. The number of methoxy groups -OCH3 is 3. The minimum absolute atomic E-state index is 0.244. The predicted octanol–water partition coefficient (Wildman–Crippen LogP) is 9.19. The van der Waals surface area contributed by atoms with Crippen LogP contribution in [0.2, 0.25) is 0 Å². The van der Waals surface area contributed by atoms with E-state index in [0.29, 0.717) is 43.1 Å². The molecular weight excluding hydrogens is 792 g/mol. The van der Waals surface area contributed by atoms with Gasteiger partial charge in [-0.25, -0.2) is 0 Å². The Morgan fingerprint density at radius 3 is 1.81 bits per heavy atom. The summed E-state index contributed by atoms with van der Waals surface area (Å²) in [5.41, 5.74) is 2.80. The number of carbonyl (C=O) groups excluding carboxylic acids is 1. The molecule has 36 heavy (non-hydrogen) atoms. The molecule has 0 unspecified atom stereocenters. The Kier molecular flexibility index (Phi) is 8.71. The van der Waals surface area contributed by atoms with E-state index in [4.69, 9.17) is 18.9 Å². The second kappa shape index (κ2) is 11.4. The van der Waals surface area contributed by atoms with Gasteiger partial charge in [-0.1, -0.05) is 6.07 Å². The van der Waals surface area contributed by atoms with Gasteiger partial charge in [-0.05, 0) is 133 Å². The molecule has 10 heteroatoms. The first-order valence-electron chi connectivity index (χ1n) is 10.3. The molecule has 0 N–H and O–H groups in total. The maximum Gasteiger partial charge on any atom is 0.229 e. The van der Waals surface area contributed by atoms with Gasteiger partial charge < -0.3 is 18.9 Å². The first-order valence-corrected chi connectivity index (χ1v) is 14.2. The lowest BCUT2D eigenvalue weighted by atomic mass is 9.93. The Bertz CT molecular complexity index is 1400. The Labute approximate surface area is 250 Å². The topological polar surface area (TPSA) is 54.0 Å². The maximum atomic E-state index is 13.6. The summed E-state index contributed by atoms with van der Waals surface area (Å²) in [5, 5.41) is 0. The van der Waals surface area contributed by atoms with E-state index in [1.165, 1.54) is 0 Å². The van der Waals surface area contributed by atoms with Crippen LogP contribution in [0, 0.1) is 0 Å². The van der Waals surface area contributed by atoms with Crippen molar-refractivity contribution in [3.05, 3.63) is 93.0 Å². The molecule has 3 aromatic rings. The van der Waals surface area contributed by atoms with E-state index in [1.54, 1.807) is 33.5 Å². The number of hydrogen-bond acceptors (Lipinski definition) is 5. The van der Waals surface area contributed by atoms with Crippen LogP contribution in [-0.4, -0.2) is 27.1 Å². The van der Waals surface area contributed by atoms with Crippen molar-refractivity contribution in [2.24, 2.45) is 0 Å². The molecule has 1 heterocycles. The molecule has 5 nitrogen and oxygen atoms in total. The average molecular weight is 809 g/mol. The molecule has 0 bridgehead atoms. The molecular formula is C26H17Br5O5. The first-order chi connectivity index (χ1) is 17.2. The third-order valence-electron chi connectivity index (χ3n) is 5.32. The Morgan fingerprint density at radius 1 is 0.750 bits per heavy atom. The van der Waals surface area contributed by atoms with Crippen LogP contribution >= 0.6 is 79.6 Å². The average Bonchev–Trinajstić information content (AvgIpc) is 2.81. The van der Waals surface area contributed by atoms with Crippen molar-refractivity contribution in [3.63, 3.8) is 0 Å². The van der Waals surface area contributed by atoms with Crippen LogP contribution < -0.4 is 14.2 Å². The maximum absolute atomic E-state index is 13.6. The van der Waals surface area contributed by atoms with Gasteiger partial charge in [-0.15, -0.1) is 0 Å². The minimum atomic E-state index is -0.254. The fourth-order valence-corrected chi connectivity index (χ4v) is 7.26. The fraction of sp³-hybridized carbons (Fsp3) is 0.115. The molecule has 3 aromatic carbocycles. The van der Waals surface area contributed by atoms with Crippen molar-refractivity contribution in [2.45, 2.75) is 0 Å². The molecule has 0 saturated heterocycles. The van der Waals surface area contributed by atoms with Crippen molar-refractivity contribution in [3.8, 4) is 17.2 Å². The summed E-state index contributed by atoms with van der Waals surface area (Å²) in [5.74, 6) is 2.53. The molecule has 0 saturated carbocycles. The molecule has 1 aliphatic heterocycles. The molecule has 0 radical (unpaired) electrons. The Balaban J connectivity index is 1.84. The number of carbonyl (C=O) groups is 1. The minimum Gasteiger partial charge on any atom is -0.496 e. The SMILES string of the molecule is COc1ccc(C2=C(C(=O)c3cc(Br)c(OC)c(Br)c3)O/C2=C\c2cc(Br)c(OC)c(Br)c2)cc1Br. The van der Waals surface area contributed by atoms with E-state index in [1.807, 2.05) is 36.4 Å². The van der Waals surface area contributed by atoms with Crippen LogP contribution in [0.5, 0.6) is 17.2 Å². The quantitative estimate of drug-likeness (QED) is 0.223. The lowest BCUT2D eigenvalue weighted by Gasteiger charge is -2.28. The fourth-order valence-electron chi connectivity index (χ4n) is 3.66. The number of ketones is 1. The number of allylic oxidation sites excluding steroid dienone is 2. The highest BCUT2D eigenvalue weighted by Crippen LogP contribution is 2.45. The summed E-state index contributed by atoms with van der Waals surface area (Å²) in [4.78, 5) is 13.6. The summed E-state index contributed by atoms with van der Waals surface area (Å²) < 4.78 is 25.8. The summed E-state index contributed by atoms with van der Waals surface area (Å²) >= 11 is 17.5. The zero-order valence-electron chi connectivity index (χ0n) is 19.0. The van der Waals surface area contributed by atoms with Crippen molar-refractivity contribution in [2.75, 3.05) is 21.3 Å². The van der Waals surface area contributed by atoms with Crippen LogP contribution in [0.15, 0.2) is 76.3 Å². The van der Waals surface area contributed by atoms with Crippen molar-refractivity contribution in [1.29, 1.82) is 0 Å². The molecule has 4 rings (SSSR count). The van der Waals surface area contributed by atoms with Crippen molar-refractivity contribution >= 4 is 97.1 Å². The highest BCUT2D eigenvalue weighted by molar-refractivity contribution is 9.11. The zero-order chi connectivity index (χ0) is 26.1. The third-order valence-corrected chi connectivity index (χ3v) is 8.30. The smallest absolute Gasteiger partial charge is 0.229 e. The van der Waals surface area contributed by atoms with Gasteiger partial charge in [0.25, 0.3) is 0 Å². The van der Waals surface area contributed by atoms with E-state index in [9.17, 15) is 4.79 Å². The van der Waals surface area contributed by atoms with Gasteiger partial charge in [0.15, 0.2) is 5.76 Å².